The van der Waals surface area contributed by atoms with E-state index in [1.807, 2.05) is 50.4 Å². The SMILES string of the molecule is Cc1ccsc1C(O)CNC(=O)C(=O)Nc1c(C)cccc1C. The van der Waals surface area contributed by atoms with Crippen molar-refractivity contribution in [1.82, 2.24) is 5.32 Å². The highest BCUT2D eigenvalue weighted by Gasteiger charge is 2.18. The van der Waals surface area contributed by atoms with Crippen molar-refractivity contribution < 1.29 is 14.7 Å². The van der Waals surface area contributed by atoms with Crippen LogP contribution in [0.1, 0.15) is 27.7 Å². The number of thiophene rings is 1. The van der Waals surface area contributed by atoms with E-state index in [9.17, 15) is 14.7 Å². The van der Waals surface area contributed by atoms with E-state index < -0.39 is 17.9 Å². The summed E-state index contributed by atoms with van der Waals surface area (Å²) in [6.07, 6.45) is -0.813. The summed E-state index contributed by atoms with van der Waals surface area (Å²) in [5.74, 6) is -1.50. The van der Waals surface area contributed by atoms with Gasteiger partial charge in [-0.3, -0.25) is 9.59 Å². The van der Waals surface area contributed by atoms with Crippen LogP contribution in [0.25, 0.3) is 0 Å². The van der Waals surface area contributed by atoms with Gasteiger partial charge < -0.3 is 15.7 Å². The molecule has 0 saturated heterocycles. The first-order valence-corrected chi connectivity index (χ1v) is 8.15. The zero-order chi connectivity index (χ0) is 17.0. The van der Waals surface area contributed by atoms with Crippen LogP contribution >= 0.6 is 11.3 Å². The van der Waals surface area contributed by atoms with E-state index in [0.29, 0.717) is 5.69 Å². The lowest BCUT2D eigenvalue weighted by Gasteiger charge is -2.13. The second kappa shape index (κ2) is 7.39. The summed E-state index contributed by atoms with van der Waals surface area (Å²) < 4.78 is 0. The standard InChI is InChI=1S/C17H20N2O3S/c1-10-5-4-6-11(2)14(10)19-17(22)16(21)18-9-13(20)15-12(3)7-8-23-15/h4-8,13,20H,9H2,1-3H3,(H,18,21)(H,19,22). The summed E-state index contributed by atoms with van der Waals surface area (Å²) in [5.41, 5.74) is 3.39. The average Bonchev–Trinajstić information content (AvgIpc) is 2.94. The first kappa shape index (κ1) is 17.2. The van der Waals surface area contributed by atoms with E-state index in [-0.39, 0.29) is 6.54 Å². The fourth-order valence-corrected chi connectivity index (χ4v) is 3.18. The van der Waals surface area contributed by atoms with Gasteiger partial charge in [0.2, 0.25) is 0 Å². The van der Waals surface area contributed by atoms with Crippen molar-refractivity contribution in [2.75, 3.05) is 11.9 Å². The number of anilines is 1. The van der Waals surface area contributed by atoms with Crippen molar-refractivity contribution in [3.63, 3.8) is 0 Å². The summed E-state index contributed by atoms with van der Waals surface area (Å²) in [7, 11) is 0. The van der Waals surface area contributed by atoms with Crippen LogP contribution in [0.2, 0.25) is 0 Å². The van der Waals surface area contributed by atoms with E-state index in [4.69, 9.17) is 0 Å². The molecule has 1 unspecified atom stereocenters. The van der Waals surface area contributed by atoms with Gasteiger partial charge in [0.1, 0.15) is 6.10 Å². The van der Waals surface area contributed by atoms with Crippen LogP contribution in [-0.2, 0) is 9.59 Å². The molecular weight excluding hydrogens is 312 g/mol. The third-order valence-corrected chi connectivity index (χ3v) is 4.71. The van der Waals surface area contributed by atoms with Gasteiger partial charge in [-0.1, -0.05) is 18.2 Å². The van der Waals surface area contributed by atoms with Crippen LogP contribution in [0.3, 0.4) is 0 Å². The van der Waals surface area contributed by atoms with Gasteiger partial charge in [-0.25, -0.2) is 0 Å². The maximum atomic E-state index is 12.0. The molecule has 2 rings (SSSR count). The monoisotopic (exact) mass is 332 g/mol. The number of rotatable bonds is 4. The Bertz CT molecular complexity index is 704. The largest absolute Gasteiger partial charge is 0.386 e. The van der Waals surface area contributed by atoms with E-state index in [1.165, 1.54) is 11.3 Å². The minimum atomic E-state index is -0.813. The van der Waals surface area contributed by atoms with Gasteiger partial charge in [0.25, 0.3) is 0 Å². The van der Waals surface area contributed by atoms with Crippen molar-refractivity contribution >= 4 is 28.8 Å². The van der Waals surface area contributed by atoms with Gasteiger partial charge in [-0.15, -0.1) is 11.3 Å². The minimum absolute atomic E-state index is 0.000358. The second-order valence-electron chi connectivity index (χ2n) is 5.41. The Kier molecular flexibility index (Phi) is 5.52. The molecule has 23 heavy (non-hydrogen) atoms. The zero-order valence-electron chi connectivity index (χ0n) is 13.3. The van der Waals surface area contributed by atoms with E-state index in [1.54, 1.807) is 0 Å². The first-order chi connectivity index (χ1) is 10.9. The predicted octanol–water partition coefficient (Wildman–Crippen LogP) is 2.46. The maximum absolute atomic E-state index is 12.0. The summed E-state index contributed by atoms with van der Waals surface area (Å²) in [4.78, 5) is 24.7. The highest BCUT2D eigenvalue weighted by atomic mass is 32.1. The van der Waals surface area contributed by atoms with E-state index in [0.717, 1.165) is 21.6 Å². The van der Waals surface area contributed by atoms with E-state index >= 15 is 0 Å². The number of para-hydroxylation sites is 1. The van der Waals surface area contributed by atoms with Crippen LogP contribution in [0, 0.1) is 20.8 Å². The van der Waals surface area contributed by atoms with Crippen molar-refractivity contribution in [3.8, 4) is 0 Å². The van der Waals surface area contributed by atoms with Gasteiger partial charge in [-0.2, -0.15) is 0 Å². The Labute approximate surface area is 139 Å². The molecule has 0 radical (unpaired) electrons. The average molecular weight is 332 g/mol. The topological polar surface area (TPSA) is 78.4 Å². The zero-order valence-corrected chi connectivity index (χ0v) is 14.2. The molecule has 0 aliphatic heterocycles. The molecule has 0 aliphatic rings. The quantitative estimate of drug-likeness (QED) is 0.753. The molecule has 1 aromatic carbocycles. The Morgan fingerprint density at radius 1 is 1.09 bits per heavy atom. The fourth-order valence-electron chi connectivity index (χ4n) is 2.27. The highest BCUT2D eigenvalue weighted by Crippen LogP contribution is 2.23. The van der Waals surface area contributed by atoms with Crippen LogP contribution in [0.5, 0.6) is 0 Å². The predicted molar refractivity (Wildman–Crippen MR) is 91.6 cm³/mol. The van der Waals surface area contributed by atoms with Crippen molar-refractivity contribution in [3.05, 3.63) is 51.2 Å². The number of amides is 2. The lowest BCUT2D eigenvalue weighted by molar-refractivity contribution is -0.136. The van der Waals surface area contributed by atoms with Gasteiger partial charge >= 0.3 is 11.8 Å². The fraction of sp³-hybridized carbons (Fsp3) is 0.294. The molecule has 2 amide bonds. The number of aliphatic hydroxyl groups is 1. The summed E-state index contributed by atoms with van der Waals surface area (Å²) >= 11 is 1.42. The normalized spacial score (nSPS) is 11.8. The summed E-state index contributed by atoms with van der Waals surface area (Å²) in [6.45, 7) is 5.62. The van der Waals surface area contributed by atoms with Crippen LogP contribution in [-0.4, -0.2) is 23.5 Å². The molecule has 2 aromatic rings. The number of aryl methyl sites for hydroxylation is 3. The molecule has 1 aromatic heterocycles. The molecule has 1 atom stereocenters. The first-order valence-electron chi connectivity index (χ1n) is 7.27. The number of carbonyl (C=O) groups is 2. The lowest BCUT2D eigenvalue weighted by Crippen LogP contribution is -2.37. The molecule has 0 aliphatic carbocycles. The molecule has 0 fully saturated rings. The number of hydrogen-bond donors (Lipinski definition) is 3. The number of benzene rings is 1. The number of hydrogen-bond acceptors (Lipinski definition) is 4. The maximum Gasteiger partial charge on any atom is 0.313 e. The summed E-state index contributed by atoms with van der Waals surface area (Å²) in [6, 6.07) is 7.52. The molecule has 0 spiro atoms. The number of aliphatic hydroxyl groups excluding tert-OH is 1. The Morgan fingerprint density at radius 3 is 2.30 bits per heavy atom. The van der Waals surface area contributed by atoms with Gasteiger partial charge in [0, 0.05) is 17.1 Å². The molecule has 3 N–H and O–H groups in total. The van der Waals surface area contributed by atoms with E-state index in [2.05, 4.69) is 10.6 Å². The molecule has 0 saturated carbocycles. The van der Waals surface area contributed by atoms with Gasteiger partial charge in [-0.05, 0) is 48.9 Å². The third-order valence-electron chi connectivity index (χ3n) is 3.59. The van der Waals surface area contributed by atoms with Crippen molar-refractivity contribution in [1.29, 1.82) is 0 Å². The molecule has 1 heterocycles. The molecule has 0 bridgehead atoms. The minimum Gasteiger partial charge on any atom is -0.386 e. The smallest absolute Gasteiger partial charge is 0.313 e. The van der Waals surface area contributed by atoms with Crippen molar-refractivity contribution in [2.45, 2.75) is 26.9 Å². The third kappa shape index (κ3) is 4.18. The molecule has 122 valence electrons. The van der Waals surface area contributed by atoms with Crippen LogP contribution in [0.15, 0.2) is 29.6 Å². The highest BCUT2D eigenvalue weighted by molar-refractivity contribution is 7.10. The number of nitrogens with one attached hydrogen (secondary N) is 2. The van der Waals surface area contributed by atoms with Crippen LogP contribution in [0.4, 0.5) is 5.69 Å². The Balaban J connectivity index is 1.93. The van der Waals surface area contributed by atoms with Crippen LogP contribution < -0.4 is 10.6 Å². The Hall–Kier alpha value is -2.18. The number of carbonyl (C=O) groups excluding carboxylic acids is 2. The molecule has 6 heteroatoms. The molecular formula is C17H20N2O3S. The lowest BCUT2D eigenvalue weighted by atomic mass is 10.1. The van der Waals surface area contributed by atoms with Gasteiger partial charge in [0.15, 0.2) is 0 Å². The van der Waals surface area contributed by atoms with Crippen molar-refractivity contribution in [2.24, 2.45) is 0 Å². The van der Waals surface area contributed by atoms with Gasteiger partial charge in [0.05, 0.1) is 0 Å². The Morgan fingerprint density at radius 2 is 1.74 bits per heavy atom. The second-order valence-corrected chi connectivity index (χ2v) is 6.36. The summed E-state index contributed by atoms with van der Waals surface area (Å²) in [5, 5.41) is 17.0. The molecule has 5 nitrogen and oxygen atoms in total.